The maximum absolute atomic E-state index is 8.64. The predicted molar refractivity (Wildman–Crippen MR) is 11.2 cm³/mol. The Balaban J connectivity index is 0. The van der Waals surface area contributed by atoms with Gasteiger partial charge in [-0.15, -0.1) is 0 Å². The molecule has 0 amide bonds. The molecule has 0 heterocycles. The normalized spacial score (nSPS) is 3.00. The monoisotopic (exact) mass is 127 g/mol. The molecular formula is H2FGeO2. The van der Waals surface area contributed by atoms with E-state index in [1.165, 1.54) is 0 Å². The van der Waals surface area contributed by atoms with Gasteiger partial charge in [-0.3, -0.25) is 0 Å². The van der Waals surface area contributed by atoms with Gasteiger partial charge in [-0.2, -0.15) is 0 Å². The standard InChI is InChI=1S/F.GeH2O2/c;2-1-3/h;1-2H. The van der Waals surface area contributed by atoms with Crippen molar-refractivity contribution in [2.45, 2.75) is 0 Å². The third kappa shape index (κ3) is 449. The quantitative estimate of drug-likeness (QED) is 0.426. The first-order valence-corrected chi connectivity index (χ1v) is 2.57. The molecule has 0 aliphatic carbocycles. The van der Waals surface area contributed by atoms with Crippen molar-refractivity contribution in [3.05, 3.63) is 0 Å². The molecule has 1 radical (unpaired) electrons. The van der Waals surface area contributed by atoms with E-state index in [-0.39, 0.29) is 4.70 Å². The van der Waals surface area contributed by atoms with E-state index in [9.17, 15) is 0 Å². The van der Waals surface area contributed by atoms with E-state index in [4.69, 9.17) is 7.91 Å². The van der Waals surface area contributed by atoms with Crippen LogP contribution in [0.5, 0.6) is 0 Å². The average Bonchev–Trinajstić information content (AvgIpc) is 0.918. The second kappa shape index (κ2) is 11.5. The Bertz CT molecular complexity index is 13.5. The van der Waals surface area contributed by atoms with Crippen LogP contribution in [0.25, 0.3) is 0 Å². The third-order valence-electron chi connectivity index (χ3n) is 0. The molecule has 1 N–H and O–H groups in total. The van der Waals surface area contributed by atoms with Crippen LogP contribution in [-0.4, -0.2) is 19.8 Å². The van der Waals surface area contributed by atoms with Crippen LogP contribution in [0.3, 0.4) is 0 Å². The zero-order chi connectivity index (χ0) is 2.71. The van der Waals surface area contributed by atoms with Crippen LogP contribution >= 0.6 is 0 Å². The van der Waals surface area contributed by atoms with Gasteiger partial charge in [-0.05, 0) is 0 Å². The molecule has 0 aromatic heterocycles. The van der Waals surface area contributed by atoms with E-state index in [2.05, 4.69) is 0 Å². The Kier molecular flexibility index (Phi) is 25.7. The molecule has 0 aromatic rings. The van der Waals surface area contributed by atoms with Crippen LogP contribution in [0.15, 0.2) is 0 Å². The van der Waals surface area contributed by atoms with Crippen molar-refractivity contribution in [3.63, 3.8) is 0 Å². The molecule has 0 rings (SSSR count). The van der Waals surface area contributed by atoms with Gasteiger partial charge in [-0.25, -0.2) is 0 Å². The van der Waals surface area contributed by atoms with Crippen molar-refractivity contribution in [2.75, 3.05) is 0 Å². The summed E-state index contributed by atoms with van der Waals surface area (Å²) in [6, 6.07) is 0. The number of halogens is 1. The molecule has 0 aliphatic heterocycles. The molecule has 0 unspecified atom stereocenters. The van der Waals surface area contributed by atoms with Gasteiger partial charge in [0.1, 0.15) is 0 Å². The summed E-state index contributed by atoms with van der Waals surface area (Å²) in [5.41, 5.74) is 0. The van der Waals surface area contributed by atoms with E-state index in [0.717, 1.165) is 0 Å². The molecular weight excluding hydrogens is 124 g/mol. The molecule has 0 saturated carbocycles. The zero-order valence-electron chi connectivity index (χ0n) is 1.81. The Morgan fingerprint density at radius 2 is 1.75 bits per heavy atom. The first-order chi connectivity index (χ1) is 1.41. The van der Waals surface area contributed by atoms with Crippen LogP contribution in [-0.2, 0) is 3.78 Å². The van der Waals surface area contributed by atoms with E-state index in [1.807, 2.05) is 0 Å². The van der Waals surface area contributed by atoms with Crippen molar-refractivity contribution in [2.24, 2.45) is 0 Å². The maximum atomic E-state index is 8.64. The van der Waals surface area contributed by atoms with E-state index in [1.54, 1.807) is 0 Å². The van der Waals surface area contributed by atoms with Gasteiger partial charge < -0.3 is 0 Å². The minimum atomic E-state index is -1.94. The first-order valence-electron chi connectivity index (χ1n) is 0.494. The molecule has 0 bridgehead atoms. The SMILES string of the molecule is [F].[O]=[GeH][OH]. The molecule has 4 heavy (non-hydrogen) atoms. The van der Waals surface area contributed by atoms with Gasteiger partial charge in [0, 0.05) is 4.70 Å². The van der Waals surface area contributed by atoms with Gasteiger partial charge in [0.05, 0.1) is 0 Å². The molecule has 0 saturated heterocycles. The molecule has 0 atom stereocenters. The van der Waals surface area contributed by atoms with Crippen molar-refractivity contribution < 1.29 is 12.6 Å². The van der Waals surface area contributed by atoms with Crippen LogP contribution in [0, 0.1) is 0 Å². The summed E-state index contributed by atoms with van der Waals surface area (Å²) in [6.45, 7) is 0. The first kappa shape index (κ1) is 8.95. The third-order valence-corrected chi connectivity index (χ3v) is 0. The van der Waals surface area contributed by atoms with E-state index < -0.39 is 15.7 Å². The molecule has 4 heteroatoms. The summed E-state index contributed by atoms with van der Waals surface area (Å²) >= 11 is -1.94. The number of hydrogen-bond donors (Lipinski definition) is 1. The minimum absolute atomic E-state index is 0. The second-order valence-electron chi connectivity index (χ2n) is 0.105. The fourth-order valence-corrected chi connectivity index (χ4v) is 0. The van der Waals surface area contributed by atoms with Gasteiger partial charge in [0.2, 0.25) is 0 Å². The zero-order valence-corrected chi connectivity index (χ0v) is 4.23. The summed E-state index contributed by atoms with van der Waals surface area (Å²) in [6.07, 6.45) is 0. The molecule has 0 spiro atoms. The van der Waals surface area contributed by atoms with Gasteiger partial charge in [-0.1, -0.05) is 0 Å². The van der Waals surface area contributed by atoms with E-state index in [0.29, 0.717) is 0 Å². The second-order valence-corrected chi connectivity index (χ2v) is 0.548. The van der Waals surface area contributed by atoms with Crippen molar-refractivity contribution >= 4 is 15.7 Å². The van der Waals surface area contributed by atoms with Crippen molar-refractivity contribution in [3.8, 4) is 0 Å². The average molecular weight is 126 g/mol. The molecule has 0 aromatic carbocycles. The molecule has 0 fully saturated rings. The predicted octanol–water partition coefficient (Wildman–Crippen LogP) is -0.904. The van der Waals surface area contributed by atoms with Crippen LogP contribution in [0.1, 0.15) is 0 Å². The summed E-state index contributed by atoms with van der Waals surface area (Å²) in [4.78, 5) is 0. The van der Waals surface area contributed by atoms with Gasteiger partial charge in [0.15, 0.2) is 0 Å². The van der Waals surface area contributed by atoms with Crippen molar-refractivity contribution in [1.29, 1.82) is 0 Å². The fourth-order valence-electron chi connectivity index (χ4n) is 0. The topological polar surface area (TPSA) is 37.3 Å². The number of hydrogen-bond acceptors (Lipinski definition) is 1. The van der Waals surface area contributed by atoms with Gasteiger partial charge >= 0.3 is 23.6 Å². The summed E-state index contributed by atoms with van der Waals surface area (Å²) in [5, 5.41) is 0. The van der Waals surface area contributed by atoms with Crippen molar-refractivity contribution in [1.82, 2.24) is 0 Å². The molecule has 0 aliphatic rings. The Labute approximate surface area is 29.2 Å². The van der Waals surface area contributed by atoms with Crippen LogP contribution in [0.4, 0.5) is 4.70 Å². The number of rotatable bonds is 0. The summed E-state index contributed by atoms with van der Waals surface area (Å²) < 4.78 is 15.8. The molecule has 2 nitrogen and oxygen atoms in total. The van der Waals surface area contributed by atoms with E-state index >= 15 is 0 Å². The Hall–Kier alpha value is 0.0729. The van der Waals surface area contributed by atoms with Crippen LogP contribution < -0.4 is 0 Å². The Morgan fingerprint density at radius 3 is 1.75 bits per heavy atom. The summed E-state index contributed by atoms with van der Waals surface area (Å²) in [5.74, 6) is 0. The fraction of sp³-hybridized carbons (Fsp3) is 0. The Morgan fingerprint density at radius 1 is 1.75 bits per heavy atom. The molecule has 25 valence electrons. The van der Waals surface area contributed by atoms with Gasteiger partial charge in [0.25, 0.3) is 0 Å². The van der Waals surface area contributed by atoms with Crippen LogP contribution in [0.2, 0.25) is 0 Å². The summed E-state index contributed by atoms with van der Waals surface area (Å²) in [7, 11) is 0.